The fourth-order valence-electron chi connectivity index (χ4n) is 4.66. The summed E-state index contributed by atoms with van der Waals surface area (Å²) in [5.41, 5.74) is 0. The molecule has 0 unspecified atom stereocenters. The van der Waals surface area contributed by atoms with E-state index in [9.17, 15) is 4.79 Å². The van der Waals surface area contributed by atoms with Crippen LogP contribution in [0.5, 0.6) is 0 Å². The molecule has 0 aliphatic carbocycles. The summed E-state index contributed by atoms with van der Waals surface area (Å²) in [7, 11) is 0. The maximum absolute atomic E-state index is 11.2. The van der Waals surface area contributed by atoms with Crippen LogP contribution in [0.15, 0.2) is 0 Å². The molecule has 0 aromatic rings. The predicted molar refractivity (Wildman–Crippen MR) is 181 cm³/mol. The zero-order valence-electron chi connectivity index (χ0n) is 29.5. The van der Waals surface area contributed by atoms with Crippen LogP contribution in [0, 0.1) is 0 Å². The van der Waals surface area contributed by atoms with Gasteiger partial charge in [0.1, 0.15) is 6.61 Å². The van der Waals surface area contributed by atoms with E-state index in [1.54, 1.807) is 0 Å². The Morgan fingerprint density at radius 2 is 0.578 bits per heavy atom. The van der Waals surface area contributed by atoms with Gasteiger partial charge in [-0.2, -0.15) is 0 Å². The first kappa shape index (κ1) is 44.2. The molecule has 0 bridgehead atoms. The molecule has 0 saturated heterocycles. The Balaban J connectivity index is 3.05. The minimum atomic E-state index is -0.178. The normalized spacial score (nSPS) is 11.4. The van der Waals surface area contributed by atoms with Gasteiger partial charge >= 0.3 is 5.97 Å². The minimum absolute atomic E-state index is 0.178. The van der Waals surface area contributed by atoms with Gasteiger partial charge in [0.2, 0.25) is 0 Å². The maximum atomic E-state index is 11.2. The molecule has 0 rings (SSSR count). The third-order valence-corrected chi connectivity index (χ3v) is 7.32. The first-order valence-electron chi connectivity index (χ1n) is 18.5. The van der Waals surface area contributed by atoms with Gasteiger partial charge in [-0.05, 0) is 12.8 Å². The highest BCUT2D eigenvalue weighted by Gasteiger charge is 2.00. The second kappa shape index (κ2) is 41.2. The third kappa shape index (κ3) is 41.2. The van der Waals surface area contributed by atoms with E-state index >= 15 is 0 Å². The predicted octanol–water partition coefficient (Wildman–Crippen LogP) is 7.71. The molecule has 0 aliphatic rings. The summed E-state index contributed by atoms with van der Waals surface area (Å²) in [6.45, 7) is 12.2. The summed E-state index contributed by atoms with van der Waals surface area (Å²) < 4.78 is 43.5. The molecule has 0 aromatic carbocycles. The van der Waals surface area contributed by atoms with Crippen LogP contribution in [-0.4, -0.2) is 105 Å². The number of carbonyl (C=O) groups is 1. The Morgan fingerprint density at radius 3 is 0.889 bits per heavy atom. The van der Waals surface area contributed by atoms with Crippen LogP contribution in [0.4, 0.5) is 0 Å². The highest BCUT2D eigenvalue weighted by Crippen LogP contribution is 2.13. The van der Waals surface area contributed by atoms with E-state index < -0.39 is 0 Å². The van der Waals surface area contributed by atoms with E-state index in [4.69, 9.17) is 37.9 Å². The molecule has 0 aromatic heterocycles. The van der Waals surface area contributed by atoms with Gasteiger partial charge in [0.05, 0.1) is 85.9 Å². The number of ether oxygens (including phenoxy) is 8. The zero-order chi connectivity index (χ0) is 32.6. The SMILES string of the molecule is CCCCCCCCCCCCCCCCCCOCCOCCOCCOCCOCCOCCOCCOC(=O)CCC. The molecule has 0 fully saturated rings. The molecule has 0 N–H and O–H groups in total. The quantitative estimate of drug-likeness (QED) is 0.0489. The van der Waals surface area contributed by atoms with E-state index in [-0.39, 0.29) is 12.6 Å². The van der Waals surface area contributed by atoms with Crippen LogP contribution in [0.1, 0.15) is 129 Å². The van der Waals surface area contributed by atoms with E-state index in [1.807, 2.05) is 6.92 Å². The van der Waals surface area contributed by atoms with Crippen molar-refractivity contribution in [2.75, 3.05) is 99.1 Å². The van der Waals surface area contributed by atoms with Crippen molar-refractivity contribution >= 4 is 5.97 Å². The smallest absolute Gasteiger partial charge is 0.305 e. The van der Waals surface area contributed by atoms with Gasteiger partial charge in [-0.25, -0.2) is 0 Å². The molecule has 45 heavy (non-hydrogen) atoms. The first-order chi connectivity index (χ1) is 22.3. The molecular formula is C36H72O9. The summed E-state index contributed by atoms with van der Waals surface area (Å²) in [5.74, 6) is -0.178. The number of carbonyl (C=O) groups excluding carboxylic acids is 1. The van der Waals surface area contributed by atoms with Gasteiger partial charge < -0.3 is 37.9 Å². The third-order valence-electron chi connectivity index (χ3n) is 7.32. The molecule has 270 valence electrons. The number of unbranched alkanes of at least 4 members (excludes halogenated alkanes) is 15. The van der Waals surface area contributed by atoms with Gasteiger partial charge in [-0.15, -0.1) is 0 Å². The summed E-state index contributed by atoms with van der Waals surface area (Å²) in [4.78, 5) is 11.2. The molecular weight excluding hydrogens is 576 g/mol. The second-order valence-electron chi connectivity index (χ2n) is 11.6. The monoisotopic (exact) mass is 649 g/mol. The van der Waals surface area contributed by atoms with Crippen molar-refractivity contribution in [1.82, 2.24) is 0 Å². The standard InChI is InChI=1S/C36H72O9/c1-3-5-6-7-8-9-10-11-12-13-14-15-16-17-18-19-21-38-22-23-39-24-25-40-26-27-41-28-29-42-30-31-43-32-33-44-34-35-45-36(37)20-4-2/h3-35H2,1-2H3. The highest BCUT2D eigenvalue weighted by atomic mass is 16.6. The first-order valence-corrected chi connectivity index (χ1v) is 18.5. The summed E-state index contributed by atoms with van der Waals surface area (Å²) in [5, 5.41) is 0. The number of rotatable bonds is 40. The summed E-state index contributed by atoms with van der Waals surface area (Å²) >= 11 is 0. The lowest BCUT2D eigenvalue weighted by Gasteiger charge is -2.08. The molecule has 0 atom stereocenters. The number of hydrogen-bond acceptors (Lipinski definition) is 9. The Labute approximate surface area is 277 Å². The van der Waals surface area contributed by atoms with Crippen molar-refractivity contribution in [2.24, 2.45) is 0 Å². The Hall–Kier alpha value is -0.810. The van der Waals surface area contributed by atoms with Crippen molar-refractivity contribution in [3.8, 4) is 0 Å². The Morgan fingerprint density at radius 1 is 0.311 bits per heavy atom. The molecule has 0 amide bonds. The van der Waals surface area contributed by atoms with Crippen LogP contribution < -0.4 is 0 Å². The molecule has 0 aliphatic heterocycles. The van der Waals surface area contributed by atoms with Crippen molar-refractivity contribution < 1.29 is 42.7 Å². The van der Waals surface area contributed by atoms with E-state index in [0.29, 0.717) is 92.3 Å². The van der Waals surface area contributed by atoms with E-state index in [2.05, 4.69) is 6.92 Å². The molecule has 9 nitrogen and oxygen atoms in total. The number of hydrogen-bond donors (Lipinski definition) is 0. The highest BCUT2D eigenvalue weighted by molar-refractivity contribution is 5.69. The van der Waals surface area contributed by atoms with Crippen LogP contribution >= 0.6 is 0 Å². The largest absolute Gasteiger partial charge is 0.463 e. The Bertz CT molecular complexity index is 551. The molecule has 0 spiro atoms. The fourth-order valence-corrected chi connectivity index (χ4v) is 4.66. The van der Waals surface area contributed by atoms with Crippen molar-refractivity contribution in [3.05, 3.63) is 0 Å². The molecule has 0 radical (unpaired) electrons. The molecule has 0 heterocycles. The lowest BCUT2D eigenvalue weighted by atomic mass is 10.0. The topological polar surface area (TPSA) is 90.9 Å². The van der Waals surface area contributed by atoms with Crippen LogP contribution in [0.25, 0.3) is 0 Å². The average Bonchev–Trinajstić information content (AvgIpc) is 3.04. The van der Waals surface area contributed by atoms with Gasteiger partial charge in [0, 0.05) is 13.0 Å². The second-order valence-corrected chi connectivity index (χ2v) is 11.6. The molecule has 0 saturated carbocycles. The van der Waals surface area contributed by atoms with Gasteiger partial charge in [0.15, 0.2) is 0 Å². The van der Waals surface area contributed by atoms with Crippen molar-refractivity contribution in [2.45, 2.75) is 129 Å². The average molecular weight is 649 g/mol. The maximum Gasteiger partial charge on any atom is 0.305 e. The fraction of sp³-hybridized carbons (Fsp3) is 0.972. The van der Waals surface area contributed by atoms with Gasteiger partial charge in [-0.1, -0.05) is 110 Å². The lowest BCUT2D eigenvalue weighted by molar-refractivity contribution is -0.145. The van der Waals surface area contributed by atoms with Crippen LogP contribution in [0.3, 0.4) is 0 Å². The van der Waals surface area contributed by atoms with Crippen molar-refractivity contribution in [3.63, 3.8) is 0 Å². The van der Waals surface area contributed by atoms with Gasteiger partial charge in [0.25, 0.3) is 0 Å². The van der Waals surface area contributed by atoms with Crippen molar-refractivity contribution in [1.29, 1.82) is 0 Å². The van der Waals surface area contributed by atoms with Crippen LogP contribution in [-0.2, 0) is 42.7 Å². The lowest BCUT2D eigenvalue weighted by Crippen LogP contribution is -2.15. The zero-order valence-corrected chi connectivity index (χ0v) is 29.5. The van der Waals surface area contributed by atoms with Crippen LogP contribution in [0.2, 0.25) is 0 Å². The van der Waals surface area contributed by atoms with E-state index in [0.717, 1.165) is 19.4 Å². The molecule has 9 heteroatoms. The van der Waals surface area contributed by atoms with E-state index in [1.165, 1.54) is 96.3 Å². The summed E-state index contributed by atoms with van der Waals surface area (Å²) in [6.07, 6.45) is 23.4. The summed E-state index contributed by atoms with van der Waals surface area (Å²) in [6, 6.07) is 0. The Kier molecular flexibility index (Phi) is 40.5. The number of esters is 1. The van der Waals surface area contributed by atoms with Gasteiger partial charge in [-0.3, -0.25) is 4.79 Å². The minimum Gasteiger partial charge on any atom is -0.463 e.